The number of ether oxygens (including phenoxy) is 3. The highest BCUT2D eigenvalue weighted by Gasteiger charge is 2.44. The predicted molar refractivity (Wildman–Crippen MR) is 122 cm³/mol. The third-order valence-electron chi connectivity index (χ3n) is 5.56. The van der Waals surface area contributed by atoms with Gasteiger partial charge in [0.25, 0.3) is 11.8 Å². The van der Waals surface area contributed by atoms with Gasteiger partial charge in [-0.05, 0) is 43.7 Å². The van der Waals surface area contributed by atoms with Crippen LogP contribution >= 0.6 is 11.6 Å². The molecule has 2 heterocycles. The highest BCUT2D eigenvalue weighted by atomic mass is 35.5. The summed E-state index contributed by atoms with van der Waals surface area (Å²) in [6.45, 7) is 4.89. The maximum Gasteiger partial charge on any atom is 0.282 e. The fraction of sp³-hybridized carbons (Fsp3) is 0.333. The van der Waals surface area contributed by atoms with Gasteiger partial charge in [0.1, 0.15) is 5.70 Å². The van der Waals surface area contributed by atoms with E-state index in [1.807, 2.05) is 18.7 Å². The normalized spacial score (nSPS) is 21.4. The van der Waals surface area contributed by atoms with Gasteiger partial charge in [-0.15, -0.1) is 0 Å². The molecule has 0 saturated carbocycles. The fourth-order valence-corrected chi connectivity index (χ4v) is 4.50. The van der Waals surface area contributed by atoms with Crippen molar-refractivity contribution in [2.24, 2.45) is 0 Å². The third-order valence-corrected chi connectivity index (χ3v) is 5.88. The number of hydrogen-bond acceptors (Lipinski definition) is 6. The lowest BCUT2D eigenvalue weighted by molar-refractivity contribution is -0.121. The summed E-state index contributed by atoms with van der Waals surface area (Å²) < 4.78 is 16.6. The molecule has 2 aliphatic rings. The van der Waals surface area contributed by atoms with Crippen LogP contribution in [0.4, 0.5) is 5.69 Å². The third kappa shape index (κ3) is 3.82. The van der Waals surface area contributed by atoms with Crippen LogP contribution in [0.3, 0.4) is 0 Å². The van der Waals surface area contributed by atoms with E-state index in [2.05, 4.69) is 0 Å². The van der Waals surface area contributed by atoms with Crippen molar-refractivity contribution in [1.82, 2.24) is 4.90 Å². The minimum absolute atomic E-state index is 0.0878. The van der Waals surface area contributed by atoms with E-state index < -0.39 is 11.8 Å². The molecule has 0 radical (unpaired) electrons. The van der Waals surface area contributed by atoms with Gasteiger partial charge in [0.15, 0.2) is 11.5 Å². The highest BCUT2D eigenvalue weighted by Crippen LogP contribution is 2.40. The van der Waals surface area contributed by atoms with Gasteiger partial charge in [0.05, 0.1) is 42.7 Å². The minimum Gasteiger partial charge on any atom is -0.493 e. The number of carbonyl (C=O) groups excluding carboxylic acids is 2. The van der Waals surface area contributed by atoms with Crippen LogP contribution in [0.15, 0.2) is 48.2 Å². The highest BCUT2D eigenvalue weighted by molar-refractivity contribution is 6.47. The largest absolute Gasteiger partial charge is 0.493 e. The number of methoxy groups -OCH3 is 2. The van der Waals surface area contributed by atoms with Crippen LogP contribution in [-0.4, -0.2) is 56.2 Å². The molecule has 7 nitrogen and oxygen atoms in total. The van der Waals surface area contributed by atoms with Crippen molar-refractivity contribution in [3.05, 3.63) is 58.7 Å². The van der Waals surface area contributed by atoms with Crippen molar-refractivity contribution >= 4 is 34.7 Å². The van der Waals surface area contributed by atoms with Gasteiger partial charge in [-0.2, -0.15) is 0 Å². The Kier molecular flexibility index (Phi) is 6.13. The monoisotopic (exact) mass is 456 g/mol. The van der Waals surface area contributed by atoms with Crippen LogP contribution in [0.25, 0.3) is 5.57 Å². The second kappa shape index (κ2) is 8.84. The quantitative estimate of drug-likeness (QED) is 0.638. The van der Waals surface area contributed by atoms with Crippen molar-refractivity contribution in [2.75, 3.05) is 32.2 Å². The zero-order valence-corrected chi connectivity index (χ0v) is 19.2. The van der Waals surface area contributed by atoms with Crippen molar-refractivity contribution in [1.29, 1.82) is 0 Å². The molecular formula is C24H25ClN2O5. The molecule has 32 heavy (non-hydrogen) atoms. The van der Waals surface area contributed by atoms with E-state index in [9.17, 15) is 9.59 Å². The number of rotatable bonds is 5. The fourth-order valence-electron chi connectivity index (χ4n) is 4.28. The number of hydrogen-bond donors (Lipinski definition) is 0. The summed E-state index contributed by atoms with van der Waals surface area (Å²) in [7, 11) is 3.07. The van der Waals surface area contributed by atoms with Crippen molar-refractivity contribution in [3.63, 3.8) is 0 Å². The summed E-state index contributed by atoms with van der Waals surface area (Å²) >= 11 is 6.36. The predicted octanol–water partition coefficient (Wildman–Crippen LogP) is 3.75. The maximum absolute atomic E-state index is 13.7. The average Bonchev–Trinajstić information content (AvgIpc) is 3.03. The van der Waals surface area contributed by atoms with E-state index in [0.717, 1.165) is 4.90 Å². The molecule has 168 valence electrons. The van der Waals surface area contributed by atoms with Gasteiger partial charge in [-0.3, -0.25) is 9.59 Å². The molecule has 2 aliphatic heterocycles. The molecular weight excluding hydrogens is 432 g/mol. The standard InChI is InChI=1S/C24H25ClN2O5/c1-14-12-26(13-15(2)32-14)22-21(16-9-10-19(30-3)20(11-16)31-4)23(28)27(24(22)29)18-8-6-5-7-17(18)25/h5-11,14-15H,12-13H2,1-4H3. The zero-order chi connectivity index (χ0) is 23.0. The second-order valence-corrected chi connectivity index (χ2v) is 8.26. The Morgan fingerprint density at radius 3 is 2.22 bits per heavy atom. The first kappa shape index (κ1) is 22.2. The summed E-state index contributed by atoms with van der Waals surface area (Å²) in [6, 6.07) is 12.0. The van der Waals surface area contributed by atoms with E-state index in [1.165, 1.54) is 7.11 Å². The summed E-state index contributed by atoms with van der Waals surface area (Å²) in [5, 5.41) is 0.325. The van der Waals surface area contributed by atoms with Gasteiger partial charge < -0.3 is 19.1 Å². The number of nitrogens with zero attached hydrogens (tertiary/aromatic N) is 2. The van der Waals surface area contributed by atoms with E-state index in [-0.39, 0.29) is 12.2 Å². The molecule has 0 aromatic heterocycles. The number of para-hydroxylation sites is 1. The van der Waals surface area contributed by atoms with Crippen LogP contribution < -0.4 is 14.4 Å². The van der Waals surface area contributed by atoms with Crippen LogP contribution in [-0.2, 0) is 14.3 Å². The minimum atomic E-state index is -0.433. The molecule has 1 saturated heterocycles. The first-order chi connectivity index (χ1) is 15.3. The van der Waals surface area contributed by atoms with Gasteiger partial charge in [0, 0.05) is 13.1 Å². The van der Waals surface area contributed by atoms with Crippen LogP contribution in [0, 0.1) is 0 Å². The summed E-state index contributed by atoms with van der Waals surface area (Å²) in [5.74, 6) is 0.162. The molecule has 2 aromatic rings. The Balaban J connectivity index is 1.88. The van der Waals surface area contributed by atoms with Gasteiger partial charge in [-0.25, -0.2) is 4.90 Å². The molecule has 8 heteroatoms. The molecule has 0 bridgehead atoms. The van der Waals surface area contributed by atoms with E-state index >= 15 is 0 Å². The van der Waals surface area contributed by atoms with E-state index in [4.69, 9.17) is 25.8 Å². The maximum atomic E-state index is 13.7. The summed E-state index contributed by atoms with van der Waals surface area (Å²) in [4.78, 5) is 30.5. The number of benzene rings is 2. The number of imide groups is 1. The molecule has 2 aromatic carbocycles. The van der Waals surface area contributed by atoms with Crippen molar-refractivity contribution in [3.8, 4) is 11.5 Å². The summed E-state index contributed by atoms with van der Waals surface area (Å²) in [6.07, 6.45) is -0.176. The molecule has 0 N–H and O–H groups in total. The Bertz CT molecular complexity index is 1090. The Labute approximate surface area is 192 Å². The summed E-state index contributed by atoms with van der Waals surface area (Å²) in [5.41, 5.74) is 1.56. The molecule has 0 spiro atoms. The SMILES string of the molecule is COc1ccc(C2=C(N3CC(C)OC(C)C3)C(=O)N(c3ccccc3Cl)C2=O)cc1OC. The molecule has 1 fully saturated rings. The Morgan fingerprint density at radius 2 is 1.59 bits per heavy atom. The number of amides is 2. The number of anilines is 1. The van der Waals surface area contributed by atoms with E-state index in [1.54, 1.807) is 49.6 Å². The Morgan fingerprint density at radius 1 is 0.938 bits per heavy atom. The smallest absolute Gasteiger partial charge is 0.282 e. The zero-order valence-electron chi connectivity index (χ0n) is 18.4. The van der Waals surface area contributed by atoms with Crippen LogP contribution in [0.5, 0.6) is 11.5 Å². The van der Waals surface area contributed by atoms with Gasteiger partial charge in [0.2, 0.25) is 0 Å². The van der Waals surface area contributed by atoms with Crippen molar-refractivity contribution < 1.29 is 23.8 Å². The van der Waals surface area contributed by atoms with Crippen LogP contribution in [0.1, 0.15) is 19.4 Å². The molecule has 2 unspecified atom stereocenters. The topological polar surface area (TPSA) is 68.3 Å². The lowest BCUT2D eigenvalue weighted by atomic mass is 10.0. The number of halogens is 1. The van der Waals surface area contributed by atoms with Crippen LogP contribution in [0.2, 0.25) is 5.02 Å². The first-order valence-corrected chi connectivity index (χ1v) is 10.7. The molecule has 0 aliphatic carbocycles. The Hall–Kier alpha value is -3.03. The van der Waals surface area contributed by atoms with Crippen molar-refractivity contribution in [2.45, 2.75) is 26.1 Å². The second-order valence-electron chi connectivity index (χ2n) is 7.85. The van der Waals surface area contributed by atoms with Gasteiger partial charge >= 0.3 is 0 Å². The first-order valence-electron chi connectivity index (χ1n) is 10.4. The lowest BCUT2D eigenvalue weighted by Gasteiger charge is -2.37. The number of morpholine rings is 1. The molecule has 2 atom stereocenters. The van der Waals surface area contributed by atoms with E-state index in [0.29, 0.717) is 52.1 Å². The molecule has 2 amide bonds. The lowest BCUT2D eigenvalue weighted by Crippen LogP contribution is -2.47. The number of carbonyl (C=O) groups is 2. The molecule has 4 rings (SSSR count). The average molecular weight is 457 g/mol. The van der Waals surface area contributed by atoms with Gasteiger partial charge in [-0.1, -0.05) is 29.8 Å².